The molecule has 152 valence electrons. The summed E-state index contributed by atoms with van der Waals surface area (Å²) in [5, 5.41) is 10.6. The number of rotatable bonds is 1. The van der Waals surface area contributed by atoms with Gasteiger partial charge in [-0.1, -0.05) is 0 Å². The minimum atomic E-state index is -4.51. The van der Waals surface area contributed by atoms with Gasteiger partial charge in [-0.3, -0.25) is 0 Å². The number of aromatic nitrogens is 3. The first-order chi connectivity index (χ1) is 13.2. The Morgan fingerprint density at radius 3 is 2.75 bits per heavy atom. The summed E-state index contributed by atoms with van der Waals surface area (Å²) < 4.78 is 53.7. The van der Waals surface area contributed by atoms with Crippen LogP contribution in [0.1, 0.15) is 31.1 Å². The Morgan fingerprint density at radius 2 is 2.04 bits per heavy atom. The van der Waals surface area contributed by atoms with E-state index in [1.165, 1.54) is 6.07 Å². The van der Waals surface area contributed by atoms with Gasteiger partial charge in [-0.15, -0.1) is 0 Å². The molecule has 2 aromatic rings. The number of nitrogens with one attached hydrogen (secondary N) is 2. The number of pyridine rings is 1. The first kappa shape index (κ1) is 18.9. The van der Waals surface area contributed by atoms with Crippen molar-refractivity contribution < 1.29 is 22.6 Å². The molecule has 2 bridgehead atoms. The van der Waals surface area contributed by atoms with E-state index in [0.29, 0.717) is 37.1 Å². The van der Waals surface area contributed by atoms with Crippen LogP contribution in [0.2, 0.25) is 0 Å². The van der Waals surface area contributed by atoms with E-state index in [0.717, 1.165) is 6.20 Å². The highest BCUT2D eigenvalue weighted by molar-refractivity contribution is 5.67. The van der Waals surface area contributed by atoms with Crippen molar-refractivity contribution in [2.75, 3.05) is 30.5 Å². The molecule has 0 unspecified atom stereocenters. The van der Waals surface area contributed by atoms with Gasteiger partial charge in [-0.05, 0) is 20.8 Å². The molecule has 0 radical (unpaired) electrons. The Balaban J connectivity index is 1.84. The van der Waals surface area contributed by atoms with Crippen molar-refractivity contribution in [3.63, 3.8) is 0 Å². The Morgan fingerprint density at radius 1 is 1.25 bits per heavy atom. The summed E-state index contributed by atoms with van der Waals surface area (Å²) in [5.74, 6) is 1.33. The van der Waals surface area contributed by atoms with Crippen LogP contribution < -0.4 is 15.4 Å². The van der Waals surface area contributed by atoms with Crippen LogP contribution in [0.3, 0.4) is 0 Å². The van der Waals surface area contributed by atoms with Gasteiger partial charge in [0.15, 0.2) is 11.6 Å². The molecule has 4 rings (SSSR count). The normalized spacial score (nSPS) is 21.8. The third-order valence-electron chi connectivity index (χ3n) is 4.96. The number of alkyl halides is 3. The fourth-order valence-electron chi connectivity index (χ4n) is 3.50. The standard InChI is InChI=1S/C18H22F3N5O2/c1-9(2)26-17-16(10(3)25-26)28-7-11-6-27-8-14(11)23-13-4-15(24-17)22-5-12(13)18(19,20)21/h4-5,9,11,14,23H,6-8H2,1-3H3,(H,22,24)/t11-,14+/m0/s1. The summed E-state index contributed by atoms with van der Waals surface area (Å²) >= 11 is 0. The van der Waals surface area contributed by atoms with Crippen LogP contribution in [0.25, 0.3) is 0 Å². The first-order valence-electron chi connectivity index (χ1n) is 9.14. The van der Waals surface area contributed by atoms with E-state index >= 15 is 0 Å². The van der Waals surface area contributed by atoms with Gasteiger partial charge in [0.25, 0.3) is 0 Å². The van der Waals surface area contributed by atoms with Crippen LogP contribution in [0.4, 0.5) is 30.5 Å². The van der Waals surface area contributed by atoms with Gasteiger partial charge in [0, 0.05) is 24.2 Å². The summed E-state index contributed by atoms with van der Waals surface area (Å²) in [4.78, 5) is 3.98. The fraction of sp³-hybridized carbons (Fsp3) is 0.556. The second kappa shape index (κ2) is 6.84. The molecular weight excluding hydrogens is 375 g/mol. The van der Waals surface area contributed by atoms with Crippen LogP contribution in [0.5, 0.6) is 5.75 Å². The number of aryl methyl sites for hydroxylation is 1. The van der Waals surface area contributed by atoms with Gasteiger partial charge < -0.3 is 20.1 Å². The molecule has 2 N–H and O–H groups in total. The van der Waals surface area contributed by atoms with Crippen LogP contribution in [-0.2, 0) is 10.9 Å². The fourth-order valence-corrected chi connectivity index (χ4v) is 3.50. The summed E-state index contributed by atoms with van der Waals surface area (Å²) in [6.45, 7) is 6.80. The van der Waals surface area contributed by atoms with Crippen molar-refractivity contribution in [1.82, 2.24) is 14.8 Å². The molecule has 0 saturated carbocycles. The lowest BCUT2D eigenvalue weighted by atomic mass is 10.0. The summed E-state index contributed by atoms with van der Waals surface area (Å²) in [6.07, 6.45) is -3.67. The number of hydrogen-bond donors (Lipinski definition) is 2. The zero-order valence-corrected chi connectivity index (χ0v) is 15.8. The molecule has 1 saturated heterocycles. The molecule has 0 aliphatic carbocycles. The van der Waals surface area contributed by atoms with Crippen LogP contribution in [0, 0.1) is 12.8 Å². The predicted molar refractivity (Wildman–Crippen MR) is 97.1 cm³/mol. The summed E-state index contributed by atoms with van der Waals surface area (Å²) in [6, 6.07) is 1.11. The van der Waals surface area contributed by atoms with E-state index in [2.05, 4.69) is 20.7 Å². The van der Waals surface area contributed by atoms with E-state index in [4.69, 9.17) is 9.47 Å². The smallest absolute Gasteiger partial charge is 0.419 e. The molecule has 10 heteroatoms. The topological polar surface area (TPSA) is 73.2 Å². The van der Waals surface area contributed by atoms with Gasteiger partial charge in [-0.25, -0.2) is 9.67 Å². The van der Waals surface area contributed by atoms with Gasteiger partial charge in [0.05, 0.1) is 37.1 Å². The van der Waals surface area contributed by atoms with E-state index in [1.54, 1.807) is 4.68 Å². The van der Waals surface area contributed by atoms with Gasteiger partial charge in [0.2, 0.25) is 0 Å². The highest BCUT2D eigenvalue weighted by atomic mass is 19.4. The SMILES string of the molecule is Cc1nn(C(C)C)c2c1OC[C@@H]1COC[C@H]1Nc1cc(ncc1C(F)(F)F)N2. The molecule has 2 atom stereocenters. The third-order valence-corrected chi connectivity index (χ3v) is 4.96. The van der Waals surface area contributed by atoms with Gasteiger partial charge >= 0.3 is 6.18 Å². The lowest BCUT2D eigenvalue weighted by molar-refractivity contribution is -0.137. The second-order valence-corrected chi connectivity index (χ2v) is 7.40. The molecule has 0 amide bonds. The van der Waals surface area contributed by atoms with Crippen molar-refractivity contribution in [3.8, 4) is 5.75 Å². The molecule has 1 fully saturated rings. The van der Waals surface area contributed by atoms with E-state index < -0.39 is 11.7 Å². The van der Waals surface area contributed by atoms with Crippen molar-refractivity contribution in [2.45, 2.75) is 39.0 Å². The van der Waals surface area contributed by atoms with E-state index in [1.807, 2.05) is 20.8 Å². The van der Waals surface area contributed by atoms with E-state index in [9.17, 15) is 13.2 Å². The average molecular weight is 397 g/mol. The maximum atomic E-state index is 13.5. The van der Waals surface area contributed by atoms with Crippen molar-refractivity contribution in [3.05, 3.63) is 23.5 Å². The number of fused-ring (bicyclic) bond motifs is 4. The average Bonchev–Trinajstić information content (AvgIpc) is 3.16. The number of halogens is 3. The Kier molecular flexibility index (Phi) is 4.60. The molecule has 0 aromatic carbocycles. The monoisotopic (exact) mass is 397 g/mol. The maximum absolute atomic E-state index is 13.5. The third kappa shape index (κ3) is 3.36. The second-order valence-electron chi connectivity index (χ2n) is 7.40. The molecule has 2 aliphatic rings. The largest absolute Gasteiger partial charge is 0.487 e. The molecular formula is C18H22F3N5O2. The van der Waals surface area contributed by atoms with Crippen LogP contribution in [-0.4, -0.2) is 40.6 Å². The van der Waals surface area contributed by atoms with Crippen LogP contribution in [0.15, 0.2) is 12.3 Å². The van der Waals surface area contributed by atoms with Crippen LogP contribution >= 0.6 is 0 Å². The Bertz CT molecular complexity index is 881. The van der Waals surface area contributed by atoms with Crippen molar-refractivity contribution in [2.24, 2.45) is 5.92 Å². The lowest BCUT2D eigenvalue weighted by Gasteiger charge is -2.22. The van der Waals surface area contributed by atoms with Crippen molar-refractivity contribution >= 4 is 17.3 Å². The molecule has 4 heterocycles. The number of nitrogens with zero attached hydrogens (tertiary/aromatic N) is 3. The minimum absolute atomic E-state index is 0.0262. The summed E-state index contributed by atoms with van der Waals surface area (Å²) in [5.41, 5.74) is -0.134. The molecule has 2 aliphatic heterocycles. The molecule has 28 heavy (non-hydrogen) atoms. The molecule has 0 spiro atoms. The Labute approximate surface area is 160 Å². The molecule has 2 aromatic heterocycles. The first-order valence-corrected chi connectivity index (χ1v) is 9.14. The van der Waals surface area contributed by atoms with Gasteiger partial charge in [-0.2, -0.15) is 18.3 Å². The highest BCUT2D eigenvalue weighted by Gasteiger charge is 2.37. The minimum Gasteiger partial charge on any atom is -0.487 e. The number of hydrogen-bond acceptors (Lipinski definition) is 6. The summed E-state index contributed by atoms with van der Waals surface area (Å²) in [7, 11) is 0. The Hall–Kier alpha value is -2.49. The quantitative estimate of drug-likeness (QED) is 0.764. The van der Waals surface area contributed by atoms with Gasteiger partial charge in [0.1, 0.15) is 11.5 Å². The zero-order chi connectivity index (χ0) is 20.1. The number of ether oxygens (including phenoxy) is 2. The van der Waals surface area contributed by atoms with E-state index in [-0.39, 0.29) is 29.5 Å². The molecule has 7 nitrogen and oxygen atoms in total. The predicted octanol–water partition coefficient (Wildman–Crippen LogP) is 3.75. The zero-order valence-electron chi connectivity index (χ0n) is 15.8. The highest BCUT2D eigenvalue weighted by Crippen LogP contribution is 2.39. The maximum Gasteiger partial charge on any atom is 0.419 e. The lowest BCUT2D eigenvalue weighted by Crippen LogP contribution is -2.32. The number of anilines is 3. The van der Waals surface area contributed by atoms with Crippen molar-refractivity contribution in [1.29, 1.82) is 0 Å².